The van der Waals surface area contributed by atoms with Crippen LogP contribution in [0.2, 0.25) is 0 Å². The highest BCUT2D eigenvalue weighted by Crippen LogP contribution is 2.29. The van der Waals surface area contributed by atoms with Crippen LogP contribution in [0.5, 0.6) is 0 Å². The van der Waals surface area contributed by atoms with E-state index in [1.807, 2.05) is 10.9 Å². The van der Waals surface area contributed by atoms with E-state index in [2.05, 4.69) is 65.0 Å². The molecule has 0 N–H and O–H groups in total. The van der Waals surface area contributed by atoms with Crippen molar-refractivity contribution >= 4 is 16.9 Å². The zero-order chi connectivity index (χ0) is 17.4. The quantitative estimate of drug-likeness (QED) is 0.733. The van der Waals surface area contributed by atoms with Crippen LogP contribution in [0.4, 0.5) is 5.82 Å². The molecule has 0 aliphatic carbocycles. The third kappa shape index (κ3) is 3.23. The summed E-state index contributed by atoms with van der Waals surface area (Å²) < 4.78 is 1.97. The number of aryl methyl sites for hydroxylation is 1. The van der Waals surface area contributed by atoms with Crippen LogP contribution in [0.15, 0.2) is 36.8 Å². The largest absolute Gasteiger partial charge is 0.355 e. The van der Waals surface area contributed by atoms with Crippen LogP contribution in [0.3, 0.4) is 0 Å². The van der Waals surface area contributed by atoms with Crippen LogP contribution in [-0.2, 0) is 6.54 Å². The zero-order valence-electron chi connectivity index (χ0n) is 15.2. The molecule has 0 spiro atoms. The number of fused-ring (bicyclic) bond motifs is 1. The van der Waals surface area contributed by atoms with Gasteiger partial charge in [0.15, 0.2) is 5.65 Å². The van der Waals surface area contributed by atoms with Gasteiger partial charge in [0.05, 0.1) is 18.1 Å². The standard InChI is InChI=1S/C20H25N5/c1-14-4-6-17(7-5-14)12-25-20-18(9-23-25)19(21-13-22-20)24-10-15(2)8-16(3)11-24/h4-7,9,13,15-16H,8,10-12H2,1-3H3. The lowest BCUT2D eigenvalue weighted by Gasteiger charge is -2.35. The van der Waals surface area contributed by atoms with Crippen LogP contribution >= 0.6 is 0 Å². The molecule has 4 rings (SSSR count). The van der Waals surface area contributed by atoms with Crippen molar-refractivity contribution in [2.45, 2.75) is 33.7 Å². The van der Waals surface area contributed by atoms with Crippen molar-refractivity contribution in [3.05, 3.63) is 47.9 Å². The van der Waals surface area contributed by atoms with Gasteiger partial charge in [-0.15, -0.1) is 0 Å². The SMILES string of the molecule is Cc1ccc(Cn2ncc3c(N4CC(C)CC(C)C4)ncnc32)cc1. The summed E-state index contributed by atoms with van der Waals surface area (Å²) in [4.78, 5) is 11.5. The Morgan fingerprint density at radius 3 is 2.48 bits per heavy atom. The number of aromatic nitrogens is 4. The molecular weight excluding hydrogens is 310 g/mol. The average Bonchev–Trinajstić information content (AvgIpc) is 2.99. The van der Waals surface area contributed by atoms with E-state index in [-0.39, 0.29) is 0 Å². The summed E-state index contributed by atoms with van der Waals surface area (Å²) in [7, 11) is 0. The molecule has 1 aliphatic heterocycles. The van der Waals surface area contributed by atoms with Crippen LogP contribution in [-0.4, -0.2) is 32.8 Å². The first-order valence-corrected chi connectivity index (χ1v) is 9.07. The minimum atomic E-state index is 0.691. The molecule has 3 heterocycles. The second kappa shape index (κ2) is 6.47. The fourth-order valence-electron chi connectivity index (χ4n) is 3.95. The summed E-state index contributed by atoms with van der Waals surface area (Å²) in [6, 6.07) is 8.58. The van der Waals surface area contributed by atoms with E-state index >= 15 is 0 Å². The summed E-state index contributed by atoms with van der Waals surface area (Å²) in [6.45, 7) is 9.59. The van der Waals surface area contributed by atoms with Gasteiger partial charge in [0.25, 0.3) is 0 Å². The molecule has 2 atom stereocenters. The van der Waals surface area contributed by atoms with Crippen molar-refractivity contribution in [3.8, 4) is 0 Å². The minimum absolute atomic E-state index is 0.691. The highest BCUT2D eigenvalue weighted by molar-refractivity contribution is 5.86. The second-order valence-corrected chi connectivity index (χ2v) is 7.57. The normalized spacial score (nSPS) is 21.0. The molecule has 1 aromatic carbocycles. The van der Waals surface area contributed by atoms with Crippen molar-refractivity contribution in [2.24, 2.45) is 11.8 Å². The van der Waals surface area contributed by atoms with E-state index in [0.717, 1.165) is 36.5 Å². The highest BCUT2D eigenvalue weighted by atomic mass is 15.3. The Kier molecular flexibility index (Phi) is 4.15. The molecule has 1 fully saturated rings. The Morgan fingerprint density at radius 2 is 1.76 bits per heavy atom. The first-order valence-electron chi connectivity index (χ1n) is 9.07. The van der Waals surface area contributed by atoms with E-state index in [4.69, 9.17) is 0 Å². The van der Waals surface area contributed by atoms with Crippen molar-refractivity contribution in [2.75, 3.05) is 18.0 Å². The number of piperidine rings is 1. The molecule has 1 aliphatic rings. The third-order valence-electron chi connectivity index (χ3n) is 5.03. The molecule has 25 heavy (non-hydrogen) atoms. The van der Waals surface area contributed by atoms with Crippen molar-refractivity contribution < 1.29 is 0 Å². The minimum Gasteiger partial charge on any atom is -0.355 e. The highest BCUT2D eigenvalue weighted by Gasteiger charge is 2.25. The summed E-state index contributed by atoms with van der Waals surface area (Å²) in [5.74, 6) is 2.41. The maximum absolute atomic E-state index is 4.59. The van der Waals surface area contributed by atoms with Gasteiger partial charge in [-0.1, -0.05) is 43.7 Å². The van der Waals surface area contributed by atoms with Gasteiger partial charge in [0, 0.05) is 13.1 Å². The summed E-state index contributed by atoms with van der Waals surface area (Å²) in [5.41, 5.74) is 3.42. The Bertz CT molecular complexity index is 857. The summed E-state index contributed by atoms with van der Waals surface area (Å²) in [6.07, 6.45) is 4.88. The lowest BCUT2D eigenvalue weighted by Crippen LogP contribution is -2.39. The molecule has 5 heteroatoms. The number of rotatable bonds is 3. The van der Waals surface area contributed by atoms with Crippen LogP contribution in [0.1, 0.15) is 31.4 Å². The molecule has 0 amide bonds. The Morgan fingerprint density at radius 1 is 1.04 bits per heavy atom. The molecular formula is C20H25N5. The second-order valence-electron chi connectivity index (χ2n) is 7.57. The van der Waals surface area contributed by atoms with Gasteiger partial charge in [-0.05, 0) is 30.7 Å². The third-order valence-corrected chi connectivity index (χ3v) is 5.03. The van der Waals surface area contributed by atoms with E-state index in [1.165, 1.54) is 17.5 Å². The van der Waals surface area contributed by atoms with E-state index in [1.54, 1.807) is 6.33 Å². The van der Waals surface area contributed by atoms with Gasteiger partial charge in [0.2, 0.25) is 0 Å². The zero-order valence-corrected chi connectivity index (χ0v) is 15.2. The van der Waals surface area contributed by atoms with E-state index in [0.29, 0.717) is 11.8 Å². The molecule has 0 bridgehead atoms. The summed E-state index contributed by atoms with van der Waals surface area (Å²) in [5, 5.41) is 5.65. The fourth-order valence-corrected chi connectivity index (χ4v) is 3.95. The molecule has 130 valence electrons. The van der Waals surface area contributed by atoms with Gasteiger partial charge in [-0.2, -0.15) is 5.10 Å². The summed E-state index contributed by atoms with van der Waals surface area (Å²) >= 11 is 0. The maximum atomic E-state index is 4.59. The topological polar surface area (TPSA) is 46.8 Å². The molecule has 5 nitrogen and oxygen atoms in total. The average molecular weight is 335 g/mol. The van der Waals surface area contributed by atoms with Crippen LogP contribution < -0.4 is 4.90 Å². The van der Waals surface area contributed by atoms with E-state index < -0.39 is 0 Å². The predicted octanol–water partition coefficient (Wildman–Crippen LogP) is 3.67. The number of nitrogens with zero attached hydrogens (tertiary/aromatic N) is 5. The van der Waals surface area contributed by atoms with Crippen LogP contribution in [0, 0.1) is 18.8 Å². The molecule has 2 unspecified atom stereocenters. The molecule has 0 radical (unpaired) electrons. The van der Waals surface area contributed by atoms with Crippen LogP contribution in [0.25, 0.3) is 11.0 Å². The van der Waals surface area contributed by atoms with E-state index in [9.17, 15) is 0 Å². The number of anilines is 1. The molecule has 1 saturated heterocycles. The Hall–Kier alpha value is -2.43. The lowest BCUT2D eigenvalue weighted by molar-refractivity contribution is 0.356. The number of benzene rings is 1. The first-order chi connectivity index (χ1) is 12.1. The number of hydrogen-bond donors (Lipinski definition) is 0. The van der Waals surface area contributed by atoms with Crippen molar-refractivity contribution in [3.63, 3.8) is 0 Å². The fraction of sp³-hybridized carbons (Fsp3) is 0.450. The van der Waals surface area contributed by atoms with Gasteiger partial charge >= 0.3 is 0 Å². The lowest BCUT2D eigenvalue weighted by atomic mass is 9.92. The smallest absolute Gasteiger partial charge is 0.163 e. The van der Waals surface area contributed by atoms with Gasteiger partial charge in [-0.25, -0.2) is 14.6 Å². The maximum Gasteiger partial charge on any atom is 0.163 e. The Labute approximate surface area is 148 Å². The predicted molar refractivity (Wildman–Crippen MR) is 101 cm³/mol. The number of hydrogen-bond acceptors (Lipinski definition) is 4. The van der Waals surface area contributed by atoms with Gasteiger partial charge < -0.3 is 4.90 Å². The first kappa shape index (κ1) is 16.1. The molecule has 0 saturated carbocycles. The van der Waals surface area contributed by atoms with Gasteiger partial charge in [0.1, 0.15) is 12.1 Å². The van der Waals surface area contributed by atoms with Crippen molar-refractivity contribution in [1.82, 2.24) is 19.7 Å². The Balaban J connectivity index is 1.67. The van der Waals surface area contributed by atoms with Crippen molar-refractivity contribution in [1.29, 1.82) is 0 Å². The molecule has 3 aromatic rings. The van der Waals surface area contributed by atoms with Gasteiger partial charge in [-0.3, -0.25) is 0 Å². The monoisotopic (exact) mass is 335 g/mol. The molecule has 2 aromatic heterocycles.